The molecule has 0 radical (unpaired) electrons. The normalized spacial score (nSPS) is 10.4. The van der Waals surface area contributed by atoms with Crippen LogP contribution in [0.4, 0.5) is 11.5 Å². The minimum absolute atomic E-state index is 0.222. The number of hydrogen-bond donors (Lipinski definition) is 3. The molecule has 5 nitrogen and oxygen atoms in total. The molecule has 84 valence electrons. The van der Waals surface area contributed by atoms with E-state index in [9.17, 15) is 4.79 Å². The van der Waals surface area contributed by atoms with E-state index < -0.39 is 0 Å². The van der Waals surface area contributed by atoms with E-state index in [0.717, 1.165) is 10.2 Å². The van der Waals surface area contributed by atoms with Gasteiger partial charge in [0.1, 0.15) is 4.88 Å². The second-order valence-corrected chi connectivity index (χ2v) is 4.93. The van der Waals surface area contributed by atoms with Gasteiger partial charge in [-0.2, -0.15) is 5.10 Å². The molecule has 0 unspecified atom stereocenters. The van der Waals surface area contributed by atoms with Crippen molar-refractivity contribution in [3.05, 3.63) is 26.5 Å². The summed E-state index contributed by atoms with van der Waals surface area (Å²) in [5.74, 6) is 0.142. The van der Waals surface area contributed by atoms with Gasteiger partial charge in [-0.3, -0.25) is 9.89 Å². The van der Waals surface area contributed by atoms with E-state index >= 15 is 0 Å². The Morgan fingerprint density at radius 2 is 2.44 bits per heavy atom. The molecule has 16 heavy (non-hydrogen) atoms. The maximum atomic E-state index is 11.8. The number of H-pyrrole nitrogens is 1. The third-order valence-electron chi connectivity index (χ3n) is 2.05. The van der Waals surface area contributed by atoms with Crippen LogP contribution in [-0.4, -0.2) is 16.1 Å². The summed E-state index contributed by atoms with van der Waals surface area (Å²) < 4.78 is 0.765. The zero-order valence-electron chi connectivity index (χ0n) is 8.37. The number of carbonyl (C=O) groups excluding carboxylic acids is 1. The predicted octanol–water partition coefficient (Wildman–Crippen LogP) is 2.38. The summed E-state index contributed by atoms with van der Waals surface area (Å²) >= 11 is 4.65. The van der Waals surface area contributed by atoms with Crippen LogP contribution in [0, 0.1) is 6.92 Å². The lowest BCUT2D eigenvalue weighted by atomic mass is 10.4. The Morgan fingerprint density at radius 1 is 1.69 bits per heavy atom. The van der Waals surface area contributed by atoms with Crippen molar-refractivity contribution >= 4 is 44.7 Å². The van der Waals surface area contributed by atoms with Crippen LogP contribution in [0.5, 0.6) is 0 Å². The smallest absolute Gasteiger partial charge is 0.268 e. The van der Waals surface area contributed by atoms with Crippen molar-refractivity contribution in [1.29, 1.82) is 0 Å². The second-order valence-electron chi connectivity index (χ2n) is 3.16. The van der Waals surface area contributed by atoms with Crippen molar-refractivity contribution in [2.75, 3.05) is 11.1 Å². The number of nitrogens with two attached hydrogens (primary N) is 1. The van der Waals surface area contributed by atoms with Gasteiger partial charge in [0.05, 0.1) is 11.4 Å². The number of halogens is 1. The molecule has 0 saturated heterocycles. The first-order chi connectivity index (χ1) is 7.59. The number of amides is 1. The molecule has 1 amide bonds. The van der Waals surface area contributed by atoms with E-state index in [4.69, 9.17) is 5.73 Å². The van der Waals surface area contributed by atoms with Gasteiger partial charge in [-0.25, -0.2) is 0 Å². The Hall–Kier alpha value is -1.34. The van der Waals surface area contributed by atoms with E-state index in [2.05, 4.69) is 31.4 Å². The zero-order chi connectivity index (χ0) is 11.7. The van der Waals surface area contributed by atoms with Gasteiger partial charge in [0.2, 0.25) is 0 Å². The average molecular weight is 301 g/mol. The molecule has 0 fully saturated rings. The van der Waals surface area contributed by atoms with Crippen molar-refractivity contribution in [3.8, 4) is 0 Å². The lowest BCUT2D eigenvalue weighted by Gasteiger charge is -2.01. The Bertz CT molecular complexity index is 533. The van der Waals surface area contributed by atoms with Gasteiger partial charge in [-0.15, -0.1) is 11.3 Å². The van der Waals surface area contributed by atoms with E-state index in [1.807, 2.05) is 11.4 Å². The quantitative estimate of drug-likeness (QED) is 0.796. The highest BCUT2D eigenvalue weighted by atomic mass is 79.9. The molecule has 0 aliphatic carbocycles. The van der Waals surface area contributed by atoms with Crippen LogP contribution in [0.25, 0.3) is 0 Å². The molecule has 0 aromatic carbocycles. The van der Waals surface area contributed by atoms with Crippen LogP contribution in [-0.2, 0) is 0 Å². The molecule has 0 atom stereocenters. The van der Waals surface area contributed by atoms with E-state index in [-0.39, 0.29) is 5.91 Å². The minimum atomic E-state index is -0.222. The van der Waals surface area contributed by atoms with Gasteiger partial charge < -0.3 is 11.1 Å². The first-order valence-electron chi connectivity index (χ1n) is 4.44. The summed E-state index contributed by atoms with van der Waals surface area (Å²) in [6, 6.07) is 1.82. The molecule has 2 aromatic rings. The van der Waals surface area contributed by atoms with Crippen LogP contribution in [0.1, 0.15) is 15.4 Å². The molecule has 0 aliphatic heterocycles. The summed E-state index contributed by atoms with van der Waals surface area (Å²) in [5, 5.41) is 11.1. The lowest BCUT2D eigenvalue weighted by Crippen LogP contribution is -2.12. The third-order valence-corrected chi connectivity index (χ3v) is 3.89. The van der Waals surface area contributed by atoms with Gasteiger partial charge in [-0.05, 0) is 34.3 Å². The number of nitrogens with one attached hydrogen (secondary N) is 2. The fourth-order valence-electron chi connectivity index (χ4n) is 1.15. The first kappa shape index (κ1) is 11.2. The summed E-state index contributed by atoms with van der Waals surface area (Å²) in [6.07, 6.45) is 0. The van der Waals surface area contributed by atoms with Crippen molar-refractivity contribution in [1.82, 2.24) is 10.2 Å². The highest BCUT2D eigenvalue weighted by Gasteiger charge is 2.15. The molecular formula is C9H9BrN4OS. The zero-order valence-corrected chi connectivity index (χ0v) is 10.8. The molecule has 7 heteroatoms. The third kappa shape index (κ3) is 1.96. The monoisotopic (exact) mass is 300 g/mol. The van der Waals surface area contributed by atoms with Crippen LogP contribution in [0.3, 0.4) is 0 Å². The van der Waals surface area contributed by atoms with Gasteiger partial charge in [-0.1, -0.05) is 0 Å². The first-order valence-corrected chi connectivity index (χ1v) is 6.11. The van der Waals surface area contributed by atoms with Crippen molar-refractivity contribution < 1.29 is 4.79 Å². The predicted molar refractivity (Wildman–Crippen MR) is 67.7 cm³/mol. The van der Waals surface area contributed by atoms with Crippen LogP contribution >= 0.6 is 27.3 Å². The summed E-state index contributed by atoms with van der Waals surface area (Å²) in [6.45, 7) is 1.79. The van der Waals surface area contributed by atoms with Crippen LogP contribution in [0.2, 0.25) is 0 Å². The van der Waals surface area contributed by atoms with Crippen molar-refractivity contribution in [3.63, 3.8) is 0 Å². The van der Waals surface area contributed by atoms with Gasteiger partial charge in [0.15, 0.2) is 5.82 Å². The molecule has 2 aromatic heterocycles. The van der Waals surface area contributed by atoms with Gasteiger partial charge in [0, 0.05) is 4.47 Å². The molecular weight excluding hydrogens is 292 g/mol. The number of aromatic amines is 1. The van der Waals surface area contributed by atoms with Crippen molar-refractivity contribution in [2.45, 2.75) is 6.92 Å². The number of carbonyl (C=O) groups is 1. The maximum absolute atomic E-state index is 11.8. The largest absolute Gasteiger partial charge is 0.394 e. The molecule has 0 bridgehead atoms. The Balaban J connectivity index is 2.20. The molecule has 0 spiro atoms. The van der Waals surface area contributed by atoms with E-state index in [1.165, 1.54) is 11.3 Å². The molecule has 2 heterocycles. The van der Waals surface area contributed by atoms with Gasteiger partial charge in [0.25, 0.3) is 5.91 Å². The number of aromatic nitrogens is 2. The highest BCUT2D eigenvalue weighted by molar-refractivity contribution is 9.10. The number of rotatable bonds is 2. The summed E-state index contributed by atoms with van der Waals surface area (Å²) in [7, 11) is 0. The molecule has 2 rings (SSSR count). The molecule has 0 aliphatic rings. The number of thiophene rings is 1. The Morgan fingerprint density at radius 3 is 2.94 bits per heavy atom. The Labute approximate surface area is 104 Å². The van der Waals surface area contributed by atoms with Gasteiger partial charge >= 0.3 is 0 Å². The minimum Gasteiger partial charge on any atom is -0.394 e. The average Bonchev–Trinajstić information content (AvgIpc) is 2.79. The topological polar surface area (TPSA) is 83.8 Å². The second kappa shape index (κ2) is 4.26. The standard InChI is InChI=1S/C9H9BrN4OS/c1-4-6(11)8(14-13-4)12-9(15)7-5(10)2-3-16-7/h2-3H,11H2,1H3,(H2,12,13,14,15). The lowest BCUT2D eigenvalue weighted by molar-refractivity contribution is 0.102. The number of nitrogen functional groups attached to an aromatic ring is 1. The highest BCUT2D eigenvalue weighted by Crippen LogP contribution is 2.25. The van der Waals surface area contributed by atoms with Crippen LogP contribution in [0.15, 0.2) is 15.9 Å². The van der Waals surface area contributed by atoms with E-state index in [1.54, 1.807) is 6.92 Å². The van der Waals surface area contributed by atoms with Crippen molar-refractivity contribution in [2.24, 2.45) is 0 Å². The Kier molecular flexibility index (Phi) is 2.97. The number of nitrogens with zero attached hydrogens (tertiary/aromatic N) is 1. The van der Waals surface area contributed by atoms with Crippen LogP contribution < -0.4 is 11.1 Å². The fraction of sp³-hybridized carbons (Fsp3) is 0.111. The maximum Gasteiger partial charge on any atom is 0.268 e. The number of hydrogen-bond acceptors (Lipinski definition) is 4. The fourth-order valence-corrected chi connectivity index (χ4v) is 2.60. The summed E-state index contributed by atoms with van der Waals surface area (Å²) in [5.41, 5.74) is 6.92. The number of aryl methyl sites for hydroxylation is 1. The SMILES string of the molecule is Cc1[nH]nc(NC(=O)c2sccc2Br)c1N. The van der Waals surface area contributed by atoms with E-state index in [0.29, 0.717) is 16.4 Å². The number of anilines is 2. The molecule has 0 saturated carbocycles. The summed E-state index contributed by atoms with van der Waals surface area (Å²) in [4.78, 5) is 12.4. The molecule has 4 N–H and O–H groups in total.